The van der Waals surface area contributed by atoms with Crippen molar-refractivity contribution in [1.82, 2.24) is 10.3 Å². The number of nitrogens with zero attached hydrogens (tertiary/aromatic N) is 1. The Bertz CT molecular complexity index is 1090. The zero-order chi connectivity index (χ0) is 24.0. The van der Waals surface area contributed by atoms with E-state index in [1.165, 1.54) is 12.1 Å². The molecule has 0 unspecified atom stereocenters. The third-order valence-corrected chi connectivity index (χ3v) is 4.68. The molecule has 2 aromatic rings. The summed E-state index contributed by atoms with van der Waals surface area (Å²) >= 11 is 5.69. The van der Waals surface area contributed by atoms with Gasteiger partial charge < -0.3 is 19.8 Å². The number of nitro groups is 1. The Balaban J connectivity index is 1.94. The smallest absolute Gasteiger partial charge is 0.340 e. The Morgan fingerprint density at radius 1 is 1.19 bits per heavy atom. The number of nitro benzene ring substituents is 1. The number of halogens is 1. The van der Waals surface area contributed by atoms with Gasteiger partial charge in [0.1, 0.15) is 11.6 Å². The highest BCUT2D eigenvalue weighted by atomic mass is 35.5. The second-order valence-electron chi connectivity index (χ2n) is 6.54. The third-order valence-electron chi connectivity index (χ3n) is 4.36. The van der Waals surface area contributed by atoms with Crippen molar-refractivity contribution in [3.63, 3.8) is 0 Å². The van der Waals surface area contributed by atoms with Crippen LogP contribution in [0.15, 0.2) is 18.2 Å². The lowest BCUT2D eigenvalue weighted by Crippen LogP contribution is -2.31. The predicted molar refractivity (Wildman–Crippen MR) is 112 cm³/mol. The molecule has 0 fully saturated rings. The average Bonchev–Trinajstić information content (AvgIpc) is 3.04. The number of H-pyrrole nitrogens is 1. The van der Waals surface area contributed by atoms with Crippen LogP contribution >= 0.6 is 11.6 Å². The van der Waals surface area contributed by atoms with E-state index in [1.807, 2.05) is 0 Å². The van der Waals surface area contributed by atoms with Crippen molar-refractivity contribution >= 4 is 40.9 Å². The van der Waals surface area contributed by atoms with Gasteiger partial charge in [-0.05, 0) is 38.5 Å². The lowest BCUT2D eigenvalue weighted by atomic mass is 10.1. The molecule has 0 aliphatic carbocycles. The molecule has 0 saturated carbocycles. The fourth-order valence-corrected chi connectivity index (χ4v) is 3.04. The lowest BCUT2D eigenvalue weighted by Gasteiger charge is -2.07. The fraction of sp³-hybridized carbons (Fsp3) is 0.300. The number of carbonyl (C=O) groups is 4. The highest BCUT2D eigenvalue weighted by molar-refractivity contribution is 6.32. The molecule has 11 nitrogen and oxygen atoms in total. The first-order chi connectivity index (χ1) is 15.1. The molecule has 0 radical (unpaired) electrons. The van der Waals surface area contributed by atoms with Crippen LogP contribution in [-0.4, -0.2) is 53.3 Å². The molecule has 1 aromatic carbocycles. The van der Waals surface area contributed by atoms with Gasteiger partial charge in [-0.25, -0.2) is 4.79 Å². The van der Waals surface area contributed by atoms with Crippen LogP contribution in [0.5, 0.6) is 0 Å². The lowest BCUT2D eigenvalue weighted by molar-refractivity contribution is -0.384. The van der Waals surface area contributed by atoms with Crippen LogP contribution in [0.1, 0.15) is 49.4 Å². The average molecular weight is 466 g/mol. The Kier molecular flexibility index (Phi) is 8.08. The van der Waals surface area contributed by atoms with Gasteiger partial charge in [0, 0.05) is 17.3 Å². The van der Waals surface area contributed by atoms with Crippen molar-refractivity contribution < 1.29 is 33.6 Å². The molecule has 32 heavy (non-hydrogen) atoms. The maximum atomic E-state index is 12.4. The Labute approximate surface area is 187 Å². The molecule has 0 aliphatic rings. The zero-order valence-electron chi connectivity index (χ0n) is 17.4. The van der Waals surface area contributed by atoms with Crippen molar-refractivity contribution in [1.29, 1.82) is 0 Å². The minimum atomic E-state index is -0.901. The van der Waals surface area contributed by atoms with E-state index in [9.17, 15) is 29.3 Å². The first-order valence-electron chi connectivity index (χ1n) is 9.34. The van der Waals surface area contributed by atoms with E-state index in [1.54, 1.807) is 20.8 Å². The highest BCUT2D eigenvalue weighted by Crippen LogP contribution is 2.25. The van der Waals surface area contributed by atoms with Crippen LogP contribution in [0.2, 0.25) is 5.02 Å². The van der Waals surface area contributed by atoms with E-state index < -0.39 is 47.4 Å². The van der Waals surface area contributed by atoms with Gasteiger partial charge in [-0.2, -0.15) is 0 Å². The Morgan fingerprint density at radius 2 is 1.88 bits per heavy atom. The minimum Gasteiger partial charge on any atom is -0.462 e. The molecule has 12 heteroatoms. The summed E-state index contributed by atoms with van der Waals surface area (Å²) < 4.78 is 9.83. The van der Waals surface area contributed by atoms with Crippen molar-refractivity contribution in [2.75, 3.05) is 19.8 Å². The summed E-state index contributed by atoms with van der Waals surface area (Å²) in [4.78, 5) is 61.3. The molecule has 1 heterocycles. The molecular formula is C20H20ClN3O8. The molecule has 0 bridgehead atoms. The van der Waals surface area contributed by atoms with Gasteiger partial charge in [0.15, 0.2) is 6.61 Å². The predicted octanol–water partition coefficient (Wildman–Crippen LogP) is 2.53. The van der Waals surface area contributed by atoms with E-state index >= 15 is 0 Å². The third kappa shape index (κ3) is 5.70. The molecule has 2 N–H and O–H groups in total. The maximum absolute atomic E-state index is 12.4. The van der Waals surface area contributed by atoms with Crippen LogP contribution in [-0.2, 0) is 14.3 Å². The quantitative estimate of drug-likeness (QED) is 0.247. The second kappa shape index (κ2) is 10.5. The number of aromatic nitrogens is 1. The number of ketones is 1. The first kappa shape index (κ1) is 24.5. The molecule has 2 rings (SSSR count). The number of esters is 2. The molecule has 1 aromatic heterocycles. The Hall–Kier alpha value is -3.73. The van der Waals surface area contributed by atoms with E-state index in [2.05, 4.69) is 10.3 Å². The number of nitrogens with one attached hydrogen (secondary N) is 2. The number of carbonyl (C=O) groups excluding carboxylic acids is 4. The first-order valence-corrected chi connectivity index (χ1v) is 9.71. The summed E-state index contributed by atoms with van der Waals surface area (Å²) in [5.41, 5.74) is 0.640. The molecule has 170 valence electrons. The summed E-state index contributed by atoms with van der Waals surface area (Å²) in [6.07, 6.45) is 0. The number of hydrogen-bond acceptors (Lipinski definition) is 8. The molecule has 1 amide bonds. The van der Waals surface area contributed by atoms with Gasteiger partial charge in [-0.15, -0.1) is 0 Å². The number of aryl methyl sites for hydroxylation is 1. The van der Waals surface area contributed by atoms with E-state index in [0.29, 0.717) is 11.3 Å². The number of ether oxygens (including phenoxy) is 2. The number of rotatable bonds is 9. The van der Waals surface area contributed by atoms with E-state index in [4.69, 9.17) is 21.1 Å². The molecule has 0 aliphatic heterocycles. The van der Waals surface area contributed by atoms with Crippen LogP contribution in [0, 0.1) is 24.0 Å². The van der Waals surface area contributed by atoms with Gasteiger partial charge in [0.2, 0.25) is 5.78 Å². The summed E-state index contributed by atoms with van der Waals surface area (Å²) in [7, 11) is 0. The topological polar surface area (TPSA) is 158 Å². The summed E-state index contributed by atoms with van der Waals surface area (Å²) in [6.45, 7) is 3.82. The van der Waals surface area contributed by atoms with Crippen LogP contribution in [0.3, 0.4) is 0 Å². The molecule has 0 spiro atoms. The van der Waals surface area contributed by atoms with Gasteiger partial charge in [-0.1, -0.05) is 11.6 Å². The second-order valence-corrected chi connectivity index (χ2v) is 6.94. The summed E-state index contributed by atoms with van der Waals surface area (Å²) in [5, 5.41) is 13.0. The number of amides is 1. The SMILES string of the molecule is CCOC(=O)c1c(C)[nH]c(C(=O)COC(=O)CNC(=O)c2ccc(Cl)c([N+](=O)[O-])c2)c1C. The van der Waals surface area contributed by atoms with Gasteiger partial charge in [0.25, 0.3) is 11.6 Å². The summed E-state index contributed by atoms with van der Waals surface area (Å²) in [6, 6.07) is 3.43. The number of benzene rings is 1. The van der Waals surface area contributed by atoms with Crippen LogP contribution < -0.4 is 5.32 Å². The van der Waals surface area contributed by atoms with Crippen LogP contribution in [0.4, 0.5) is 5.69 Å². The standard InChI is InChI=1S/C20H20ClN3O8/c1-4-31-20(28)17-10(2)18(23-11(17)3)15(25)9-32-16(26)8-22-19(27)12-5-6-13(21)14(7-12)24(29)30/h5-7,23H,4,8-9H2,1-3H3,(H,22,27). The Morgan fingerprint density at radius 3 is 2.50 bits per heavy atom. The van der Waals surface area contributed by atoms with Crippen LogP contribution in [0.25, 0.3) is 0 Å². The maximum Gasteiger partial charge on any atom is 0.340 e. The van der Waals surface area contributed by atoms with Crippen molar-refractivity contribution in [2.24, 2.45) is 0 Å². The van der Waals surface area contributed by atoms with Gasteiger partial charge in [-0.3, -0.25) is 24.5 Å². The van der Waals surface area contributed by atoms with Gasteiger partial charge in [0.05, 0.1) is 22.8 Å². The number of hydrogen-bond donors (Lipinski definition) is 2. The highest BCUT2D eigenvalue weighted by Gasteiger charge is 2.23. The van der Waals surface area contributed by atoms with E-state index in [0.717, 1.165) is 6.07 Å². The fourth-order valence-electron chi connectivity index (χ4n) is 2.86. The number of aromatic amines is 1. The number of Topliss-reactive ketones (excluding diaryl/α,β-unsaturated/α-hetero) is 1. The zero-order valence-corrected chi connectivity index (χ0v) is 18.2. The minimum absolute atomic E-state index is 0.0750. The largest absolute Gasteiger partial charge is 0.462 e. The van der Waals surface area contributed by atoms with Crippen molar-refractivity contribution in [2.45, 2.75) is 20.8 Å². The van der Waals surface area contributed by atoms with Crippen molar-refractivity contribution in [3.05, 3.63) is 61.4 Å². The molecule has 0 saturated heterocycles. The molecular weight excluding hydrogens is 446 g/mol. The van der Waals surface area contributed by atoms with Gasteiger partial charge >= 0.3 is 11.9 Å². The normalized spacial score (nSPS) is 10.4. The monoisotopic (exact) mass is 465 g/mol. The molecule has 0 atom stereocenters. The van der Waals surface area contributed by atoms with E-state index in [-0.39, 0.29) is 28.5 Å². The van der Waals surface area contributed by atoms with Crippen molar-refractivity contribution in [3.8, 4) is 0 Å². The summed E-state index contributed by atoms with van der Waals surface area (Å²) in [5.74, 6) is -2.81.